The quantitative estimate of drug-likeness (QED) is 0.117. The summed E-state index contributed by atoms with van der Waals surface area (Å²) in [6.45, 7) is 11.8. The Labute approximate surface area is 198 Å². The van der Waals surface area contributed by atoms with E-state index in [0.717, 1.165) is 19.4 Å². The van der Waals surface area contributed by atoms with Crippen molar-refractivity contribution in [3.63, 3.8) is 0 Å². The standard InChI is InChI=1S/C26H52O6/c1-4-5-6-7-8-9-10-11-12-13-17-32-26(27)15-14-16-28-18-19-29-20-21-30-22-23-31-24-25(2)3/h25H,4-24H2,1-3H3. The SMILES string of the molecule is CCCCCCCCCCCCOC(=O)CCCOCCOCCOCCOCC(C)C. The second-order valence-electron chi connectivity index (χ2n) is 8.81. The third-order valence-corrected chi connectivity index (χ3v) is 5.00. The van der Waals surface area contributed by atoms with E-state index in [0.29, 0.717) is 71.6 Å². The molecular weight excluding hydrogens is 408 g/mol. The van der Waals surface area contributed by atoms with Crippen LogP contribution >= 0.6 is 0 Å². The summed E-state index contributed by atoms with van der Waals surface area (Å²) in [7, 11) is 0. The predicted molar refractivity (Wildman–Crippen MR) is 130 cm³/mol. The molecule has 0 bridgehead atoms. The Morgan fingerprint density at radius 1 is 0.562 bits per heavy atom. The molecule has 0 heterocycles. The molecule has 0 saturated carbocycles. The number of esters is 1. The minimum absolute atomic E-state index is 0.115. The fraction of sp³-hybridized carbons (Fsp3) is 0.962. The maximum Gasteiger partial charge on any atom is 0.305 e. The molecule has 0 aliphatic rings. The van der Waals surface area contributed by atoms with Crippen LogP contribution in [0.25, 0.3) is 0 Å². The van der Waals surface area contributed by atoms with Crippen molar-refractivity contribution in [1.82, 2.24) is 0 Å². The molecule has 0 aliphatic carbocycles. The van der Waals surface area contributed by atoms with E-state index in [9.17, 15) is 4.79 Å². The molecular formula is C26H52O6. The van der Waals surface area contributed by atoms with E-state index < -0.39 is 0 Å². The Kier molecular flexibility index (Phi) is 26.0. The molecule has 32 heavy (non-hydrogen) atoms. The highest BCUT2D eigenvalue weighted by atomic mass is 16.6. The normalized spacial score (nSPS) is 11.4. The van der Waals surface area contributed by atoms with Gasteiger partial charge in [0.15, 0.2) is 0 Å². The molecule has 0 aliphatic heterocycles. The molecule has 0 N–H and O–H groups in total. The lowest BCUT2D eigenvalue weighted by molar-refractivity contribution is -0.144. The summed E-state index contributed by atoms with van der Waals surface area (Å²) in [6.07, 6.45) is 14.0. The van der Waals surface area contributed by atoms with Crippen LogP contribution in [0.15, 0.2) is 0 Å². The van der Waals surface area contributed by atoms with Crippen LogP contribution in [0.3, 0.4) is 0 Å². The highest BCUT2D eigenvalue weighted by Gasteiger charge is 2.02. The van der Waals surface area contributed by atoms with Crippen LogP contribution in [-0.4, -0.2) is 65.4 Å². The van der Waals surface area contributed by atoms with Crippen molar-refractivity contribution >= 4 is 5.97 Å². The molecule has 0 fully saturated rings. The first-order chi connectivity index (χ1) is 15.7. The van der Waals surface area contributed by atoms with Gasteiger partial charge < -0.3 is 23.7 Å². The lowest BCUT2D eigenvalue weighted by Crippen LogP contribution is -2.13. The molecule has 0 aromatic heterocycles. The molecule has 0 atom stereocenters. The molecule has 0 aromatic carbocycles. The van der Waals surface area contributed by atoms with Crippen molar-refractivity contribution < 1.29 is 28.5 Å². The Balaban J connectivity index is 3.15. The summed E-state index contributed by atoms with van der Waals surface area (Å²) in [4.78, 5) is 11.7. The lowest BCUT2D eigenvalue weighted by Gasteiger charge is -2.08. The monoisotopic (exact) mass is 460 g/mol. The van der Waals surface area contributed by atoms with Gasteiger partial charge >= 0.3 is 5.97 Å². The van der Waals surface area contributed by atoms with Crippen molar-refractivity contribution in [1.29, 1.82) is 0 Å². The van der Waals surface area contributed by atoms with Gasteiger partial charge in [0.25, 0.3) is 0 Å². The van der Waals surface area contributed by atoms with Crippen molar-refractivity contribution in [3.05, 3.63) is 0 Å². The third-order valence-electron chi connectivity index (χ3n) is 5.00. The average Bonchev–Trinajstić information content (AvgIpc) is 2.77. The van der Waals surface area contributed by atoms with E-state index in [4.69, 9.17) is 23.7 Å². The largest absolute Gasteiger partial charge is 0.466 e. The number of carbonyl (C=O) groups excluding carboxylic acids is 1. The van der Waals surface area contributed by atoms with Crippen LogP contribution in [0.5, 0.6) is 0 Å². The van der Waals surface area contributed by atoms with Crippen molar-refractivity contribution in [2.75, 3.05) is 59.5 Å². The Bertz CT molecular complexity index is 375. The summed E-state index contributed by atoms with van der Waals surface area (Å²) < 4.78 is 27.1. The smallest absolute Gasteiger partial charge is 0.305 e. The minimum atomic E-state index is -0.115. The van der Waals surface area contributed by atoms with E-state index in [-0.39, 0.29) is 5.97 Å². The van der Waals surface area contributed by atoms with E-state index in [2.05, 4.69) is 20.8 Å². The fourth-order valence-corrected chi connectivity index (χ4v) is 3.15. The van der Waals surface area contributed by atoms with Crippen molar-refractivity contribution in [3.8, 4) is 0 Å². The van der Waals surface area contributed by atoms with E-state index in [1.54, 1.807) is 0 Å². The van der Waals surface area contributed by atoms with Crippen LogP contribution < -0.4 is 0 Å². The van der Waals surface area contributed by atoms with Gasteiger partial charge in [-0.05, 0) is 18.8 Å². The van der Waals surface area contributed by atoms with Crippen molar-refractivity contribution in [2.45, 2.75) is 97.8 Å². The molecule has 0 spiro atoms. The summed E-state index contributed by atoms with van der Waals surface area (Å²) in [6, 6.07) is 0. The van der Waals surface area contributed by atoms with Gasteiger partial charge in [-0.1, -0.05) is 78.6 Å². The van der Waals surface area contributed by atoms with Gasteiger partial charge in [-0.3, -0.25) is 4.79 Å². The lowest BCUT2D eigenvalue weighted by atomic mass is 10.1. The van der Waals surface area contributed by atoms with Gasteiger partial charge in [-0.15, -0.1) is 0 Å². The second-order valence-corrected chi connectivity index (χ2v) is 8.81. The first-order valence-corrected chi connectivity index (χ1v) is 13.1. The Hall–Kier alpha value is -0.690. The number of unbranched alkanes of at least 4 members (excludes halogenated alkanes) is 9. The van der Waals surface area contributed by atoms with Gasteiger partial charge in [-0.2, -0.15) is 0 Å². The minimum Gasteiger partial charge on any atom is -0.466 e. The van der Waals surface area contributed by atoms with Crippen LogP contribution in [0.4, 0.5) is 0 Å². The molecule has 0 saturated heterocycles. The highest BCUT2D eigenvalue weighted by molar-refractivity contribution is 5.69. The third kappa shape index (κ3) is 27.3. The molecule has 0 amide bonds. The molecule has 6 heteroatoms. The van der Waals surface area contributed by atoms with Gasteiger partial charge in [0.2, 0.25) is 0 Å². The van der Waals surface area contributed by atoms with Crippen LogP contribution in [0.1, 0.15) is 97.8 Å². The number of hydrogen-bond acceptors (Lipinski definition) is 6. The summed E-state index contributed by atoms with van der Waals surface area (Å²) >= 11 is 0. The maximum absolute atomic E-state index is 11.7. The Morgan fingerprint density at radius 2 is 1.03 bits per heavy atom. The summed E-state index contributed by atoms with van der Waals surface area (Å²) in [5, 5.41) is 0. The number of carbonyl (C=O) groups is 1. The predicted octanol–water partition coefficient (Wildman–Crippen LogP) is 5.95. The van der Waals surface area contributed by atoms with E-state index in [1.165, 1.54) is 51.4 Å². The summed E-state index contributed by atoms with van der Waals surface area (Å²) in [5.41, 5.74) is 0. The molecule has 0 unspecified atom stereocenters. The number of rotatable bonds is 26. The number of hydrogen-bond donors (Lipinski definition) is 0. The van der Waals surface area contributed by atoms with Crippen LogP contribution in [-0.2, 0) is 28.5 Å². The topological polar surface area (TPSA) is 63.2 Å². The highest BCUT2D eigenvalue weighted by Crippen LogP contribution is 2.10. The van der Waals surface area contributed by atoms with Gasteiger partial charge in [0.05, 0.1) is 46.2 Å². The zero-order valence-corrected chi connectivity index (χ0v) is 21.4. The fourth-order valence-electron chi connectivity index (χ4n) is 3.15. The van der Waals surface area contributed by atoms with Gasteiger partial charge in [0, 0.05) is 19.6 Å². The first kappa shape index (κ1) is 31.3. The second kappa shape index (κ2) is 26.6. The zero-order chi connectivity index (χ0) is 23.5. The first-order valence-electron chi connectivity index (χ1n) is 13.1. The average molecular weight is 461 g/mol. The maximum atomic E-state index is 11.7. The van der Waals surface area contributed by atoms with E-state index in [1.807, 2.05) is 0 Å². The van der Waals surface area contributed by atoms with Crippen molar-refractivity contribution in [2.24, 2.45) is 5.92 Å². The zero-order valence-electron chi connectivity index (χ0n) is 21.4. The molecule has 0 radical (unpaired) electrons. The molecule has 192 valence electrons. The van der Waals surface area contributed by atoms with Gasteiger partial charge in [-0.25, -0.2) is 0 Å². The molecule has 0 aromatic rings. The molecule has 6 nitrogen and oxygen atoms in total. The van der Waals surface area contributed by atoms with Crippen LogP contribution in [0, 0.1) is 5.92 Å². The van der Waals surface area contributed by atoms with E-state index >= 15 is 0 Å². The number of ether oxygens (including phenoxy) is 5. The Morgan fingerprint density at radius 3 is 1.56 bits per heavy atom. The molecule has 0 rings (SSSR count). The summed E-state index contributed by atoms with van der Waals surface area (Å²) in [5.74, 6) is 0.439. The van der Waals surface area contributed by atoms with Crippen LogP contribution in [0.2, 0.25) is 0 Å². The van der Waals surface area contributed by atoms with Gasteiger partial charge in [0.1, 0.15) is 0 Å².